The lowest BCUT2D eigenvalue weighted by Gasteiger charge is -2.20. The first-order chi connectivity index (χ1) is 31.8. The Labute approximate surface area is 373 Å². The van der Waals surface area contributed by atoms with Gasteiger partial charge in [-0.3, -0.25) is 0 Å². The number of nitrogens with zero attached hydrogens (tertiary/aromatic N) is 3. The fourth-order valence-corrected chi connectivity index (χ4v) is 11.5. The van der Waals surface area contributed by atoms with Gasteiger partial charge in [-0.1, -0.05) is 182 Å². The Morgan fingerprint density at radius 1 is 0.328 bits per heavy atom. The van der Waals surface area contributed by atoms with Crippen molar-refractivity contribution in [2.45, 2.75) is 0 Å². The third kappa shape index (κ3) is 5.66. The van der Waals surface area contributed by atoms with E-state index in [1.807, 2.05) is 23.7 Å². The number of fused-ring (bicyclic) bond motifs is 7. The van der Waals surface area contributed by atoms with E-state index in [-0.39, 0.29) is 0 Å². The number of thiophene rings is 1. The van der Waals surface area contributed by atoms with Gasteiger partial charge in [0.2, 0.25) is 0 Å². The Hall–Kier alpha value is -8.18. The Balaban J connectivity index is 1.04. The van der Waals surface area contributed by atoms with Gasteiger partial charge >= 0.3 is 0 Å². The van der Waals surface area contributed by atoms with E-state index in [1.165, 1.54) is 108 Å². The van der Waals surface area contributed by atoms with Crippen LogP contribution in [0, 0.1) is 0 Å². The van der Waals surface area contributed by atoms with E-state index in [1.54, 1.807) is 6.33 Å². The smallest absolute Gasteiger partial charge is 0.115 e. The number of hydrogen-bond donors (Lipinski definition) is 0. The van der Waals surface area contributed by atoms with Crippen LogP contribution in [0.2, 0.25) is 0 Å². The van der Waals surface area contributed by atoms with E-state index in [4.69, 9.17) is 0 Å². The summed E-state index contributed by atoms with van der Waals surface area (Å²) in [5.41, 5.74) is 14.3. The van der Waals surface area contributed by atoms with Gasteiger partial charge in [0.15, 0.2) is 0 Å². The maximum atomic E-state index is 4.41. The van der Waals surface area contributed by atoms with Crippen LogP contribution in [0.4, 0.5) is 0 Å². The van der Waals surface area contributed by atoms with Crippen LogP contribution in [-0.2, 0) is 0 Å². The molecule has 0 aliphatic carbocycles. The predicted molar refractivity (Wildman–Crippen MR) is 271 cm³/mol. The van der Waals surface area contributed by atoms with E-state index in [0.29, 0.717) is 0 Å². The Bertz CT molecular complexity index is 3900. The van der Waals surface area contributed by atoms with Gasteiger partial charge in [0.05, 0.1) is 29.1 Å². The van der Waals surface area contributed by atoms with Crippen molar-refractivity contribution in [2.24, 2.45) is 0 Å². The molecule has 0 saturated carbocycles. The van der Waals surface area contributed by atoms with E-state index < -0.39 is 0 Å². The SMILES string of the molecule is c1ccc(-c2cccc(-c3c4ccccc4c(-c4ccc(-c5c(-c6ccc7c8ccccc8n(-c8cncnc8)c7c6)sc6ccccc56)c5ccccc45)c4ccccc34)c2)cc1. The molecule has 3 nitrogen and oxygen atoms in total. The van der Waals surface area contributed by atoms with Gasteiger partial charge in [0, 0.05) is 31.3 Å². The molecule has 0 amide bonds. The minimum Gasteiger partial charge on any atom is -0.306 e. The summed E-state index contributed by atoms with van der Waals surface area (Å²) in [4.78, 5) is 10.1. The average molecular weight is 832 g/mol. The van der Waals surface area contributed by atoms with Crippen molar-refractivity contribution in [3.05, 3.63) is 225 Å². The summed E-state index contributed by atoms with van der Waals surface area (Å²) in [6.45, 7) is 0. The largest absolute Gasteiger partial charge is 0.306 e. The van der Waals surface area contributed by atoms with Crippen molar-refractivity contribution >= 4 is 75.5 Å². The van der Waals surface area contributed by atoms with Crippen LogP contribution in [0.15, 0.2) is 225 Å². The van der Waals surface area contributed by atoms with Crippen molar-refractivity contribution in [3.63, 3.8) is 0 Å². The van der Waals surface area contributed by atoms with E-state index in [9.17, 15) is 0 Å². The number of benzene rings is 10. The lowest BCUT2D eigenvalue weighted by Crippen LogP contribution is -1.95. The third-order valence-electron chi connectivity index (χ3n) is 13.0. The van der Waals surface area contributed by atoms with Crippen molar-refractivity contribution in [1.29, 1.82) is 0 Å². The molecule has 0 bridgehead atoms. The summed E-state index contributed by atoms with van der Waals surface area (Å²) >= 11 is 1.87. The van der Waals surface area contributed by atoms with Gasteiger partial charge in [-0.15, -0.1) is 11.3 Å². The van der Waals surface area contributed by atoms with Gasteiger partial charge in [0.25, 0.3) is 0 Å². The highest BCUT2D eigenvalue weighted by Gasteiger charge is 2.23. The highest BCUT2D eigenvalue weighted by atomic mass is 32.1. The highest BCUT2D eigenvalue weighted by Crippen LogP contribution is 2.51. The lowest BCUT2D eigenvalue weighted by molar-refractivity contribution is 1.07. The minimum absolute atomic E-state index is 0.942. The average Bonchev–Trinajstić information content (AvgIpc) is 3.92. The van der Waals surface area contributed by atoms with Gasteiger partial charge in [0.1, 0.15) is 6.33 Å². The van der Waals surface area contributed by atoms with Crippen LogP contribution in [0.1, 0.15) is 0 Å². The van der Waals surface area contributed by atoms with Crippen molar-refractivity contribution in [1.82, 2.24) is 14.5 Å². The molecular weight excluding hydrogens is 795 g/mol. The molecule has 0 spiro atoms. The van der Waals surface area contributed by atoms with Crippen LogP contribution >= 0.6 is 11.3 Å². The molecule has 0 aliphatic heterocycles. The van der Waals surface area contributed by atoms with Crippen LogP contribution in [-0.4, -0.2) is 14.5 Å². The summed E-state index contributed by atoms with van der Waals surface area (Å²) in [6, 6.07) is 75.9. The Morgan fingerprint density at radius 3 is 1.56 bits per heavy atom. The second-order valence-electron chi connectivity index (χ2n) is 16.5. The molecule has 64 heavy (non-hydrogen) atoms. The molecule has 0 aliphatic rings. The fraction of sp³-hybridized carbons (Fsp3) is 0. The monoisotopic (exact) mass is 831 g/mol. The van der Waals surface area contributed by atoms with Crippen LogP contribution in [0.5, 0.6) is 0 Å². The quantitative estimate of drug-likeness (QED) is 0.156. The first-order valence-electron chi connectivity index (χ1n) is 21.7. The first kappa shape index (κ1) is 36.5. The van der Waals surface area contributed by atoms with Crippen molar-refractivity contribution < 1.29 is 0 Å². The molecule has 10 aromatic carbocycles. The molecular formula is C60H37N3S. The fourth-order valence-electron chi connectivity index (χ4n) is 10.3. The molecule has 298 valence electrons. The van der Waals surface area contributed by atoms with E-state index >= 15 is 0 Å². The zero-order valence-electron chi connectivity index (χ0n) is 34.6. The number of hydrogen-bond acceptors (Lipinski definition) is 3. The van der Waals surface area contributed by atoms with Gasteiger partial charge in [-0.25, -0.2) is 9.97 Å². The third-order valence-corrected chi connectivity index (χ3v) is 14.2. The van der Waals surface area contributed by atoms with Crippen molar-refractivity contribution in [3.8, 4) is 60.6 Å². The first-order valence-corrected chi connectivity index (χ1v) is 22.5. The second kappa shape index (κ2) is 14.7. The Kier molecular flexibility index (Phi) is 8.40. The molecule has 13 rings (SSSR count). The number of para-hydroxylation sites is 1. The molecule has 0 radical (unpaired) electrons. The van der Waals surface area contributed by atoms with Gasteiger partial charge in [-0.2, -0.15) is 0 Å². The van der Waals surface area contributed by atoms with Crippen LogP contribution < -0.4 is 0 Å². The Morgan fingerprint density at radius 2 is 0.859 bits per heavy atom. The number of rotatable bonds is 6. The zero-order chi connectivity index (χ0) is 42.1. The van der Waals surface area contributed by atoms with E-state index in [0.717, 1.165) is 16.7 Å². The summed E-state index contributed by atoms with van der Waals surface area (Å²) in [7, 11) is 0. The summed E-state index contributed by atoms with van der Waals surface area (Å²) < 4.78 is 3.56. The lowest BCUT2D eigenvalue weighted by atomic mass is 9.83. The highest BCUT2D eigenvalue weighted by molar-refractivity contribution is 7.23. The molecule has 0 saturated heterocycles. The summed E-state index contributed by atoms with van der Waals surface area (Å²) in [5.74, 6) is 0. The second-order valence-corrected chi connectivity index (χ2v) is 17.5. The molecule has 13 aromatic rings. The molecule has 0 N–H and O–H groups in total. The molecule has 3 heterocycles. The summed E-state index contributed by atoms with van der Waals surface area (Å²) in [6.07, 6.45) is 5.38. The van der Waals surface area contributed by atoms with Gasteiger partial charge < -0.3 is 4.57 Å². The van der Waals surface area contributed by atoms with E-state index in [2.05, 4.69) is 221 Å². The van der Waals surface area contributed by atoms with Crippen LogP contribution in [0.25, 0.3) is 125 Å². The normalized spacial score (nSPS) is 11.8. The maximum absolute atomic E-state index is 4.41. The minimum atomic E-state index is 0.942. The topological polar surface area (TPSA) is 30.7 Å². The molecule has 3 aromatic heterocycles. The summed E-state index contributed by atoms with van der Waals surface area (Å²) in [5, 5.41) is 11.1. The molecule has 0 fully saturated rings. The van der Waals surface area contributed by atoms with Gasteiger partial charge in [-0.05, 0) is 101 Å². The zero-order valence-corrected chi connectivity index (χ0v) is 35.4. The number of aromatic nitrogens is 3. The predicted octanol–water partition coefficient (Wildman–Crippen LogP) is 16.6. The molecule has 0 atom stereocenters. The molecule has 4 heteroatoms. The standard InChI is InChI=1S/C60H37N3S/c1-2-15-38(16-3-1)39-17-14-18-40(33-39)57-47-22-6-8-24-49(47)58(50-25-9-7-23-48(50)57)51-31-32-52(44-20-5-4-19-43(44)51)59-53-26-11-13-28-56(53)64-60(59)41-29-30-46-45-21-10-12-27-54(45)63(55(46)34-41)42-35-61-37-62-36-42/h1-37H. The van der Waals surface area contributed by atoms with Crippen molar-refractivity contribution in [2.75, 3.05) is 0 Å². The van der Waals surface area contributed by atoms with Crippen LogP contribution in [0.3, 0.4) is 0 Å². The maximum Gasteiger partial charge on any atom is 0.115 e. The molecule has 0 unspecified atom stereocenters.